The van der Waals surface area contributed by atoms with Gasteiger partial charge in [-0.3, -0.25) is 15.1 Å². The van der Waals surface area contributed by atoms with E-state index in [1.54, 1.807) is 18.5 Å². The number of carbonyl (C=O) groups excluding carboxylic acids is 1. The molecule has 0 aliphatic carbocycles. The average Bonchev–Trinajstić information content (AvgIpc) is 2.97. The lowest BCUT2D eigenvalue weighted by atomic mass is 10.1. The quantitative estimate of drug-likeness (QED) is 0.806. The summed E-state index contributed by atoms with van der Waals surface area (Å²) in [5.41, 5.74) is 2.52. The molecule has 2 heterocycles. The molecule has 21 heavy (non-hydrogen) atoms. The van der Waals surface area contributed by atoms with E-state index in [9.17, 15) is 4.79 Å². The predicted molar refractivity (Wildman–Crippen MR) is 82.3 cm³/mol. The van der Waals surface area contributed by atoms with Crippen molar-refractivity contribution in [3.63, 3.8) is 0 Å². The lowest BCUT2D eigenvalue weighted by Crippen LogP contribution is -2.11. The Labute approximate surface area is 125 Å². The monoisotopic (exact) mass is 296 g/mol. The Kier molecular flexibility index (Phi) is 3.70. The third-order valence-electron chi connectivity index (χ3n) is 2.83. The topological polar surface area (TPSA) is 67.8 Å². The number of nitrogens with zero attached hydrogens (tertiary/aromatic N) is 3. The van der Waals surface area contributed by atoms with Crippen LogP contribution in [0.25, 0.3) is 10.6 Å². The van der Waals surface area contributed by atoms with Crippen LogP contribution < -0.4 is 5.32 Å². The molecular formula is C15H12N4OS. The van der Waals surface area contributed by atoms with Crippen molar-refractivity contribution in [1.29, 1.82) is 0 Å². The summed E-state index contributed by atoms with van der Waals surface area (Å²) in [4.78, 5) is 16.2. The number of rotatable bonds is 3. The number of hydrogen-bond donors (Lipinski definition) is 1. The van der Waals surface area contributed by atoms with Gasteiger partial charge in [-0.1, -0.05) is 29.0 Å². The SMILES string of the molecule is Cc1cccc(C(=O)Nc2nnc(-c3cccnc3)s2)c1. The fraction of sp³-hybridized carbons (Fsp3) is 0.0667. The van der Waals surface area contributed by atoms with Gasteiger partial charge in [0, 0.05) is 23.5 Å². The Balaban J connectivity index is 1.77. The standard InChI is InChI=1S/C15H12N4OS/c1-10-4-2-5-11(8-10)13(20)17-15-19-18-14(21-15)12-6-3-7-16-9-12/h2-9H,1H3,(H,17,19,20). The predicted octanol–water partition coefficient (Wildman–Crippen LogP) is 3.16. The maximum atomic E-state index is 12.1. The number of aryl methyl sites for hydroxylation is 1. The smallest absolute Gasteiger partial charge is 0.257 e. The maximum Gasteiger partial charge on any atom is 0.257 e. The summed E-state index contributed by atoms with van der Waals surface area (Å²) in [5.74, 6) is -0.187. The first-order valence-electron chi connectivity index (χ1n) is 6.34. The number of aromatic nitrogens is 3. The molecule has 3 aromatic rings. The molecule has 0 unspecified atom stereocenters. The lowest BCUT2D eigenvalue weighted by Gasteiger charge is -2.01. The van der Waals surface area contributed by atoms with Gasteiger partial charge in [0.15, 0.2) is 5.01 Å². The van der Waals surface area contributed by atoms with Gasteiger partial charge in [0.1, 0.15) is 0 Å². The van der Waals surface area contributed by atoms with E-state index in [4.69, 9.17) is 0 Å². The molecule has 0 spiro atoms. The van der Waals surface area contributed by atoms with Gasteiger partial charge in [0.2, 0.25) is 5.13 Å². The van der Waals surface area contributed by atoms with Gasteiger partial charge in [-0.15, -0.1) is 10.2 Å². The summed E-state index contributed by atoms with van der Waals surface area (Å²) in [6.07, 6.45) is 3.41. The third kappa shape index (κ3) is 3.11. The van der Waals surface area contributed by atoms with E-state index in [0.717, 1.165) is 16.1 Å². The molecule has 0 aliphatic heterocycles. The van der Waals surface area contributed by atoms with E-state index in [2.05, 4.69) is 20.5 Å². The number of anilines is 1. The van der Waals surface area contributed by atoms with Crippen molar-refractivity contribution in [2.75, 3.05) is 5.32 Å². The summed E-state index contributed by atoms with van der Waals surface area (Å²) in [7, 11) is 0. The highest BCUT2D eigenvalue weighted by molar-refractivity contribution is 7.18. The van der Waals surface area contributed by atoms with E-state index >= 15 is 0 Å². The molecular weight excluding hydrogens is 284 g/mol. The molecule has 5 nitrogen and oxygen atoms in total. The second-order valence-electron chi connectivity index (χ2n) is 4.48. The highest BCUT2D eigenvalue weighted by Crippen LogP contribution is 2.25. The van der Waals surface area contributed by atoms with Crippen LogP contribution in [0.1, 0.15) is 15.9 Å². The molecule has 0 atom stereocenters. The zero-order chi connectivity index (χ0) is 14.7. The first-order chi connectivity index (χ1) is 10.2. The zero-order valence-corrected chi connectivity index (χ0v) is 12.1. The van der Waals surface area contributed by atoms with Crippen LogP contribution >= 0.6 is 11.3 Å². The van der Waals surface area contributed by atoms with Gasteiger partial charge in [-0.05, 0) is 31.2 Å². The highest BCUT2D eigenvalue weighted by atomic mass is 32.1. The minimum atomic E-state index is -0.187. The van der Waals surface area contributed by atoms with Crippen LogP contribution in [0.15, 0.2) is 48.8 Å². The van der Waals surface area contributed by atoms with Crippen molar-refractivity contribution in [3.8, 4) is 10.6 Å². The summed E-state index contributed by atoms with van der Waals surface area (Å²) in [6, 6.07) is 11.1. The van der Waals surface area contributed by atoms with Gasteiger partial charge in [-0.2, -0.15) is 0 Å². The van der Waals surface area contributed by atoms with Gasteiger partial charge in [0.05, 0.1) is 0 Å². The van der Waals surface area contributed by atoms with E-state index < -0.39 is 0 Å². The first-order valence-corrected chi connectivity index (χ1v) is 7.16. The van der Waals surface area contributed by atoms with Crippen molar-refractivity contribution in [1.82, 2.24) is 15.2 Å². The van der Waals surface area contributed by atoms with Gasteiger partial charge in [0.25, 0.3) is 5.91 Å². The number of amides is 1. The third-order valence-corrected chi connectivity index (χ3v) is 3.72. The van der Waals surface area contributed by atoms with Crippen molar-refractivity contribution < 1.29 is 4.79 Å². The van der Waals surface area contributed by atoms with Crippen molar-refractivity contribution in [2.24, 2.45) is 0 Å². The van der Waals surface area contributed by atoms with Crippen LogP contribution in [0.3, 0.4) is 0 Å². The molecule has 0 bridgehead atoms. The van der Waals surface area contributed by atoms with Crippen molar-refractivity contribution >= 4 is 22.4 Å². The first kappa shape index (κ1) is 13.4. The Morgan fingerprint density at radius 1 is 1.19 bits per heavy atom. The zero-order valence-electron chi connectivity index (χ0n) is 11.3. The van der Waals surface area contributed by atoms with Crippen LogP contribution in [-0.4, -0.2) is 21.1 Å². The Hall–Kier alpha value is -2.60. The molecule has 3 rings (SSSR count). The van der Waals surface area contributed by atoms with E-state index in [1.165, 1.54) is 11.3 Å². The molecule has 104 valence electrons. The molecule has 6 heteroatoms. The molecule has 1 amide bonds. The minimum absolute atomic E-state index is 0.187. The lowest BCUT2D eigenvalue weighted by molar-refractivity contribution is 0.102. The number of carbonyl (C=O) groups is 1. The minimum Gasteiger partial charge on any atom is -0.296 e. The molecule has 0 saturated heterocycles. The van der Waals surface area contributed by atoms with E-state index in [0.29, 0.717) is 10.7 Å². The molecule has 0 saturated carbocycles. The molecule has 0 radical (unpaired) electrons. The molecule has 1 N–H and O–H groups in total. The fourth-order valence-electron chi connectivity index (χ4n) is 1.84. The number of pyridine rings is 1. The van der Waals surface area contributed by atoms with Crippen molar-refractivity contribution in [2.45, 2.75) is 6.92 Å². The Morgan fingerprint density at radius 2 is 2.10 bits per heavy atom. The Morgan fingerprint density at radius 3 is 2.86 bits per heavy atom. The van der Waals surface area contributed by atoms with E-state index in [-0.39, 0.29) is 5.91 Å². The van der Waals surface area contributed by atoms with Crippen LogP contribution in [-0.2, 0) is 0 Å². The molecule has 1 aromatic carbocycles. The van der Waals surface area contributed by atoms with Crippen LogP contribution in [0.2, 0.25) is 0 Å². The largest absolute Gasteiger partial charge is 0.296 e. The normalized spacial score (nSPS) is 10.3. The summed E-state index contributed by atoms with van der Waals surface area (Å²) >= 11 is 1.32. The summed E-state index contributed by atoms with van der Waals surface area (Å²) < 4.78 is 0. The molecule has 0 fully saturated rings. The van der Waals surface area contributed by atoms with Crippen molar-refractivity contribution in [3.05, 3.63) is 59.9 Å². The van der Waals surface area contributed by atoms with Crippen LogP contribution in [0.4, 0.5) is 5.13 Å². The van der Waals surface area contributed by atoms with E-state index in [1.807, 2.05) is 37.3 Å². The summed E-state index contributed by atoms with van der Waals surface area (Å²) in [5, 5.41) is 12.0. The van der Waals surface area contributed by atoms with Gasteiger partial charge < -0.3 is 0 Å². The molecule has 2 aromatic heterocycles. The number of benzene rings is 1. The fourth-order valence-corrected chi connectivity index (χ4v) is 2.56. The average molecular weight is 296 g/mol. The number of nitrogens with one attached hydrogen (secondary N) is 1. The second kappa shape index (κ2) is 5.80. The van der Waals surface area contributed by atoms with Crippen LogP contribution in [0.5, 0.6) is 0 Å². The summed E-state index contributed by atoms with van der Waals surface area (Å²) in [6.45, 7) is 1.95. The highest BCUT2D eigenvalue weighted by Gasteiger charge is 2.11. The van der Waals surface area contributed by atoms with Gasteiger partial charge in [-0.25, -0.2) is 0 Å². The van der Waals surface area contributed by atoms with Crippen LogP contribution in [0, 0.1) is 6.92 Å². The maximum absolute atomic E-state index is 12.1. The number of hydrogen-bond acceptors (Lipinski definition) is 5. The van der Waals surface area contributed by atoms with Gasteiger partial charge >= 0.3 is 0 Å². The molecule has 0 aliphatic rings. The Bertz CT molecular complexity index is 770. The second-order valence-corrected chi connectivity index (χ2v) is 5.46.